The Bertz CT molecular complexity index is 805. The second-order valence-electron chi connectivity index (χ2n) is 5.89. The third-order valence-electron chi connectivity index (χ3n) is 4.68. The van der Waals surface area contributed by atoms with E-state index in [4.69, 9.17) is 0 Å². The Morgan fingerprint density at radius 3 is 2.32 bits per heavy atom. The van der Waals surface area contributed by atoms with Crippen molar-refractivity contribution in [3.63, 3.8) is 0 Å². The second-order valence-corrected chi connectivity index (χ2v) is 5.89. The molecule has 3 nitrogen and oxygen atoms in total. The van der Waals surface area contributed by atoms with E-state index >= 15 is 0 Å². The quantitative estimate of drug-likeness (QED) is 0.759. The van der Waals surface area contributed by atoms with Gasteiger partial charge in [0.25, 0.3) is 0 Å². The van der Waals surface area contributed by atoms with Crippen LogP contribution in [0.1, 0.15) is 45.3 Å². The Kier molecular flexibility index (Phi) is 2.83. The molecule has 2 aliphatic rings. The van der Waals surface area contributed by atoms with Gasteiger partial charge in [-0.3, -0.25) is 14.4 Å². The first-order valence-corrected chi connectivity index (χ1v) is 7.46. The van der Waals surface area contributed by atoms with E-state index in [2.05, 4.69) is 0 Å². The normalized spacial score (nSPS) is 23.4. The van der Waals surface area contributed by atoms with Crippen molar-refractivity contribution >= 4 is 17.3 Å². The average molecular weight is 290 g/mol. The Balaban J connectivity index is 1.95. The van der Waals surface area contributed by atoms with E-state index in [0.29, 0.717) is 29.5 Å². The van der Waals surface area contributed by atoms with Gasteiger partial charge in [-0.05, 0) is 23.1 Å². The van der Waals surface area contributed by atoms with Crippen molar-refractivity contribution in [3.8, 4) is 0 Å². The van der Waals surface area contributed by atoms with E-state index in [9.17, 15) is 14.4 Å². The first kappa shape index (κ1) is 13.1. The van der Waals surface area contributed by atoms with E-state index in [0.717, 1.165) is 5.56 Å². The van der Waals surface area contributed by atoms with E-state index in [1.807, 2.05) is 30.3 Å². The molecular weight excluding hydrogens is 276 g/mol. The lowest BCUT2D eigenvalue weighted by Gasteiger charge is -2.33. The minimum atomic E-state index is -0.851. The number of aryl methyl sites for hydroxylation is 1. The third-order valence-corrected chi connectivity index (χ3v) is 4.68. The van der Waals surface area contributed by atoms with E-state index < -0.39 is 11.8 Å². The van der Waals surface area contributed by atoms with Crippen LogP contribution in [0.4, 0.5) is 0 Å². The minimum absolute atomic E-state index is 0.0571. The number of hydrogen-bond donors (Lipinski definition) is 0. The lowest BCUT2D eigenvalue weighted by atomic mass is 9.66. The number of ketones is 3. The van der Waals surface area contributed by atoms with Gasteiger partial charge < -0.3 is 0 Å². The number of rotatable bonds is 1. The highest BCUT2D eigenvalue weighted by Crippen LogP contribution is 2.42. The summed E-state index contributed by atoms with van der Waals surface area (Å²) in [5.74, 6) is -2.11. The summed E-state index contributed by atoms with van der Waals surface area (Å²) in [6.45, 7) is 0. The summed E-state index contributed by atoms with van der Waals surface area (Å²) in [6, 6.07) is 14.5. The smallest absolute Gasteiger partial charge is 0.178 e. The van der Waals surface area contributed by atoms with Crippen LogP contribution in [0.15, 0.2) is 48.5 Å². The van der Waals surface area contributed by atoms with Crippen molar-refractivity contribution in [3.05, 3.63) is 70.8 Å². The molecule has 0 aliphatic heterocycles. The SMILES string of the molecule is O=C1c2cccc3c2C(C(=O)CC3)C(=O)C1c1ccccc1. The monoisotopic (exact) mass is 290 g/mol. The molecule has 2 atom stereocenters. The molecule has 0 spiro atoms. The summed E-state index contributed by atoms with van der Waals surface area (Å²) in [4.78, 5) is 38.1. The summed E-state index contributed by atoms with van der Waals surface area (Å²) in [5, 5.41) is 0. The number of carbonyl (C=O) groups excluding carboxylic acids is 3. The molecule has 0 amide bonds. The molecule has 2 aliphatic carbocycles. The highest BCUT2D eigenvalue weighted by Gasteiger charge is 2.46. The fraction of sp³-hybridized carbons (Fsp3) is 0.211. The minimum Gasteiger partial charge on any atom is -0.299 e. The van der Waals surface area contributed by atoms with Crippen molar-refractivity contribution < 1.29 is 14.4 Å². The number of carbonyl (C=O) groups is 3. The first-order chi connectivity index (χ1) is 10.7. The Morgan fingerprint density at radius 2 is 1.55 bits per heavy atom. The lowest BCUT2D eigenvalue weighted by molar-refractivity contribution is -0.130. The first-order valence-electron chi connectivity index (χ1n) is 7.46. The molecule has 2 unspecified atom stereocenters. The Morgan fingerprint density at radius 1 is 0.773 bits per heavy atom. The van der Waals surface area contributed by atoms with Gasteiger partial charge in [0.15, 0.2) is 11.6 Å². The van der Waals surface area contributed by atoms with Crippen molar-refractivity contribution in [2.75, 3.05) is 0 Å². The summed E-state index contributed by atoms with van der Waals surface area (Å²) in [5.41, 5.74) is 2.85. The highest BCUT2D eigenvalue weighted by molar-refractivity contribution is 6.27. The van der Waals surface area contributed by atoms with Gasteiger partial charge in [0.1, 0.15) is 17.6 Å². The predicted molar refractivity (Wildman–Crippen MR) is 81.0 cm³/mol. The summed E-state index contributed by atoms with van der Waals surface area (Å²) in [6.07, 6.45) is 0.998. The fourth-order valence-electron chi connectivity index (χ4n) is 3.66. The van der Waals surface area contributed by atoms with Crippen LogP contribution in [0.2, 0.25) is 0 Å². The molecule has 0 radical (unpaired) electrons. The Hall–Kier alpha value is -2.55. The summed E-state index contributed by atoms with van der Waals surface area (Å²) < 4.78 is 0. The van der Waals surface area contributed by atoms with Crippen molar-refractivity contribution in [1.29, 1.82) is 0 Å². The van der Waals surface area contributed by atoms with Crippen LogP contribution in [0.25, 0.3) is 0 Å². The molecule has 3 heteroatoms. The Labute approximate surface area is 128 Å². The summed E-state index contributed by atoms with van der Waals surface area (Å²) in [7, 11) is 0. The molecule has 2 aromatic carbocycles. The van der Waals surface area contributed by atoms with Gasteiger partial charge in [-0.25, -0.2) is 0 Å². The summed E-state index contributed by atoms with van der Waals surface area (Å²) >= 11 is 0. The van der Waals surface area contributed by atoms with Crippen LogP contribution in [-0.2, 0) is 16.0 Å². The maximum absolute atomic E-state index is 12.9. The number of hydrogen-bond acceptors (Lipinski definition) is 3. The number of benzene rings is 2. The molecule has 0 aromatic heterocycles. The van der Waals surface area contributed by atoms with Gasteiger partial charge in [0.05, 0.1) is 0 Å². The number of Topliss-reactive ketones (excluding diaryl/α,β-unsaturated/α-hetero) is 3. The van der Waals surface area contributed by atoms with Crippen LogP contribution < -0.4 is 0 Å². The maximum Gasteiger partial charge on any atom is 0.178 e. The second kappa shape index (κ2) is 4.73. The van der Waals surface area contributed by atoms with Crippen LogP contribution >= 0.6 is 0 Å². The largest absolute Gasteiger partial charge is 0.299 e. The van der Waals surface area contributed by atoms with Gasteiger partial charge in [-0.15, -0.1) is 0 Å². The zero-order valence-corrected chi connectivity index (χ0v) is 11.9. The zero-order valence-electron chi connectivity index (χ0n) is 11.9. The molecular formula is C19H14O3. The van der Waals surface area contributed by atoms with Gasteiger partial charge in [0, 0.05) is 12.0 Å². The average Bonchev–Trinajstić information content (AvgIpc) is 2.54. The van der Waals surface area contributed by atoms with E-state index in [-0.39, 0.29) is 17.3 Å². The highest BCUT2D eigenvalue weighted by atomic mass is 16.2. The fourth-order valence-corrected chi connectivity index (χ4v) is 3.66. The van der Waals surface area contributed by atoms with Gasteiger partial charge in [0.2, 0.25) is 0 Å². The van der Waals surface area contributed by atoms with Gasteiger partial charge >= 0.3 is 0 Å². The molecule has 108 valence electrons. The van der Waals surface area contributed by atoms with Crippen LogP contribution in [0.3, 0.4) is 0 Å². The predicted octanol–water partition coefficient (Wildman–Crippen LogP) is 2.83. The van der Waals surface area contributed by atoms with Crippen molar-refractivity contribution in [2.24, 2.45) is 0 Å². The molecule has 0 saturated heterocycles. The van der Waals surface area contributed by atoms with Gasteiger partial charge in [-0.1, -0.05) is 48.5 Å². The van der Waals surface area contributed by atoms with Crippen LogP contribution in [0.5, 0.6) is 0 Å². The molecule has 4 rings (SSSR count). The molecule has 0 fully saturated rings. The van der Waals surface area contributed by atoms with E-state index in [1.165, 1.54) is 0 Å². The molecule has 0 saturated carbocycles. The molecule has 0 bridgehead atoms. The van der Waals surface area contributed by atoms with Crippen molar-refractivity contribution in [1.82, 2.24) is 0 Å². The zero-order chi connectivity index (χ0) is 15.3. The topological polar surface area (TPSA) is 51.2 Å². The van der Waals surface area contributed by atoms with Gasteiger partial charge in [-0.2, -0.15) is 0 Å². The molecule has 0 N–H and O–H groups in total. The molecule has 22 heavy (non-hydrogen) atoms. The molecule has 0 heterocycles. The van der Waals surface area contributed by atoms with Crippen LogP contribution in [0, 0.1) is 0 Å². The van der Waals surface area contributed by atoms with Crippen molar-refractivity contribution in [2.45, 2.75) is 24.7 Å². The molecule has 2 aromatic rings. The third kappa shape index (κ3) is 1.72. The standard InChI is InChI=1S/C19H14O3/c20-14-10-9-12-7-4-8-13-15(12)17(14)19(22)16(18(13)21)11-5-2-1-3-6-11/h1-8,16-17H,9-10H2. The van der Waals surface area contributed by atoms with Crippen LogP contribution in [-0.4, -0.2) is 17.3 Å². The lowest BCUT2D eigenvalue weighted by Crippen LogP contribution is -2.40. The maximum atomic E-state index is 12.9. The van der Waals surface area contributed by atoms with E-state index in [1.54, 1.807) is 18.2 Å².